The zero-order valence-corrected chi connectivity index (χ0v) is 21.0. The molecule has 9 heteroatoms. The maximum atomic E-state index is 12.5. The second-order valence-electron chi connectivity index (χ2n) is 10.8. The lowest BCUT2D eigenvalue weighted by Gasteiger charge is -2.27. The SMILES string of the molecule is CC(C)(C)OC(=O)N1CC2CN(c3ccccc3C3ON3c3ccc4c(c3)C(Cl)N=NC4)CC2C1. The highest BCUT2D eigenvalue weighted by Crippen LogP contribution is 2.47. The van der Waals surface area contributed by atoms with Crippen molar-refractivity contribution >= 4 is 29.1 Å². The van der Waals surface area contributed by atoms with Crippen LogP contribution in [0.4, 0.5) is 16.2 Å². The number of para-hydroxylation sites is 1. The molecule has 8 nitrogen and oxygen atoms in total. The van der Waals surface area contributed by atoms with E-state index in [9.17, 15) is 4.79 Å². The van der Waals surface area contributed by atoms with Crippen molar-refractivity contribution < 1.29 is 14.4 Å². The molecule has 1 amide bonds. The molecule has 0 saturated carbocycles. The molecule has 0 aliphatic carbocycles. The fraction of sp³-hybridized carbons (Fsp3) is 0.500. The predicted octanol–water partition coefficient (Wildman–Crippen LogP) is 5.64. The third-order valence-corrected chi connectivity index (χ3v) is 7.45. The van der Waals surface area contributed by atoms with Crippen molar-refractivity contribution in [2.45, 2.75) is 44.6 Å². The molecule has 184 valence electrons. The molecule has 4 unspecified atom stereocenters. The van der Waals surface area contributed by atoms with Gasteiger partial charge in [0.25, 0.3) is 0 Å². The van der Waals surface area contributed by atoms with Crippen LogP contribution in [0.3, 0.4) is 0 Å². The number of rotatable bonds is 3. The van der Waals surface area contributed by atoms with Crippen molar-refractivity contribution in [3.63, 3.8) is 0 Å². The van der Waals surface area contributed by atoms with Crippen LogP contribution in [-0.2, 0) is 16.1 Å². The third kappa shape index (κ3) is 4.34. The van der Waals surface area contributed by atoms with E-state index >= 15 is 0 Å². The Hall–Kier alpha value is -2.84. The van der Waals surface area contributed by atoms with Crippen LogP contribution in [0.5, 0.6) is 0 Å². The number of benzene rings is 2. The second kappa shape index (κ2) is 8.38. The molecule has 2 aromatic carbocycles. The van der Waals surface area contributed by atoms with Crippen LogP contribution in [0, 0.1) is 11.8 Å². The number of hydrogen-bond donors (Lipinski definition) is 0. The Morgan fingerprint density at radius 1 is 1.06 bits per heavy atom. The number of carbonyl (C=O) groups excluding carboxylic acids is 1. The van der Waals surface area contributed by atoms with Gasteiger partial charge in [-0.2, -0.15) is 10.2 Å². The topological polar surface area (TPSA) is 73.0 Å². The first-order valence-corrected chi connectivity index (χ1v) is 12.6. The summed E-state index contributed by atoms with van der Waals surface area (Å²) in [4.78, 5) is 22.9. The molecule has 0 N–H and O–H groups in total. The molecule has 6 rings (SSSR count). The van der Waals surface area contributed by atoms with E-state index < -0.39 is 11.1 Å². The number of hydrogen-bond acceptors (Lipinski definition) is 7. The number of azo groups is 1. The summed E-state index contributed by atoms with van der Waals surface area (Å²) in [5.74, 6) is 0.893. The quantitative estimate of drug-likeness (QED) is 0.313. The molecule has 4 atom stereocenters. The highest BCUT2D eigenvalue weighted by Gasteiger charge is 2.45. The van der Waals surface area contributed by atoms with Crippen molar-refractivity contribution in [2.75, 3.05) is 36.1 Å². The monoisotopic (exact) mass is 495 g/mol. The van der Waals surface area contributed by atoms with E-state index in [-0.39, 0.29) is 12.3 Å². The molecule has 0 aromatic heterocycles. The molecule has 0 bridgehead atoms. The Morgan fingerprint density at radius 3 is 2.54 bits per heavy atom. The Labute approximate surface area is 210 Å². The largest absolute Gasteiger partial charge is 0.444 e. The molecule has 35 heavy (non-hydrogen) atoms. The van der Waals surface area contributed by atoms with Gasteiger partial charge in [-0.15, -0.1) is 0 Å². The smallest absolute Gasteiger partial charge is 0.410 e. The summed E-state index contributed by atoms with van der Waals surface area (Å²) in [6.45, 7) is 9.63. The minimum absolute atomic E-state index is 0.137. The number of fused-ring (bicyclic) bond motifs is 2. The number of anilines is 2. The van der Waals surface area contributed by atoms with E-state index in [1.54, 1.807) is 0 Å². The molecule has 2 aromatic rings. The van der Waals surface area contributed by atoms with Crippen LogP contribution >= 0.6 is 11.6 Å². The summed E-state index contributed by atoms with van der Waals surface area (Å²) in [5, 5.41) is 10.1. The first kappa shape index (κ1) is 22.6. The fourth-order valence-corrected chi connectivity index (χ4v) is 5.71. The van der Waals surface area contributed by atoms with Gasteiger partial charge in [0.1, 0.15) is 5.60 Å². The number of amides is 1. The summed E-state index contributed by atoms with van der Waals surface area (Å²) >= 11 is 6.36. The van der Waals surface area contributed by atoms with Gasteiger partial charge in [-0.05, 0) is 44.5 Å². The summed E-state index contributed by atoms with van der Waals surface area (Å²) in [6, 6.07) is 14.6. The number of ether oxygens (including phenoxy) is 1. The van der Waals surface area contributed by atoms with Gasteiger partial charge in [-0.25, -0.2) is 14.7 Å². The summed E-state index contributed by atoms with van der Waals surface area (Å²) < 4.78 is 5.58. The zero-order valence-electron chi connectivity index (χ0n) is 20.2. The van der Waals surface area contributed by atoms with Crippen LogP contribution in [0.15, 0.2) is 52.7 Å². The van der Waals surface area contributed by atoms with Gasteiger partial charge in [0.2, 0.25) is 6.23 Å². The Kier molecular flexibility index (Phi) is 5.41. The summed E-state index contributed by atoms with van der Waals surface area (Å²) in [5.41, 5.74) is 4.49. The average molecular weight is 496 g/mol. The lowest BCUT2D eigenvalue weighted by atomic mass is 10.0. The summed E-state index contributed by atoms with van der Waals surface area (Å²) in [6.07, 6.45) is -0.339. The van der Waals surface area contributed by atoms with Crippen molar-refractivity contribution in [3.8, 4) is 0 Å². The van der Waals surface area contributed by atoms with Crippen molar-refractivity contribution in [3.05, 3.63) is 59.2 Å². The Morgan fingerprint density at radius 2 is 1.80 bits per heavy atom. The fourth-order valence-electron chi connectivity index (χ4n) is 5.45. The highest BCUT2D eigenvalue weighted by molar-refractivity contribution is 6.20. The number of likely N-dealkylation sites (tertiary alicyclic amines) is 1. The van der Waals surface area contributed by atoms with Crippen molar-refractivity contribution in [2.24, 2.45) is 22.1 Å². The minimum atomic E-state index is -0.470. The van der Waals surface area contributed by atoms with Gasteiger partial charge in [0, 0.05) is 54.8 Å². The Bertz CT molecular complexity index is 1170. The second-order valence-corrected chi connectivity index (χ2v) is 11.2. The van der Waals surface area contributed by atoms with Gasteiger partial charge in [0.15, 0.2) is 5.50 Å². The molecule has 3 saturated heterocycles. The van der Waals surface area contributed by atoms with Gasteiger partial charge < -0.3 is 14.5 Å². The van der Waals surface area contributed by atoms with E-state index in [1.165, 1.54) is 5.69 Å². The maximum Gasteiger partial charge on any atom is 0.410 e. The predicted molar refractivity (Wildman–Crippen MR) is 133 cm³/mol. The number of carbonyl (C=O) groups is 1. The van der Waals surface area contributed by atoms with Gasteiger partial charge in [0.05, 0.1) is 12.2 Å². The minimum Gasteiger partial charge on any atom is -0.444 e. The van der Waals surface area contributed by atoms with Crippen LogP contribution in [0.1, 0.15) is 49.2 Å². The summed E-state index contributed by atoms with van der Waals surface area (Å²) in [7, 11) is 0. The molecular formula is C26H30ClN5O3. The number of alkyl halides is 1. The number of nitrogens with zero attached hydrogens (tertiary/aromatic N) is 5. The van der Waals surface area contributed by atoms with Gasteiger partial charge >= 0.3 is 6.09 Å². The van der Waals surface area contributed by atoms with Crippen LogP contribution in [0.2, 0.25) is 0 Å². The van der Waals surface area contributed by atoms with Crippen LogP contribution in [-0.4, -0.2) is 42.8 Å². The van der Waals surface area contributed by atoms with E-state index in [4.69, 9.17) is 21.2 Å². The molecule has 4 aliphatic heterocycles. The van der Waals surface area contributed by atoms with Crippen LogP contribution in [0.25, 0.3) is 0 Å². The molecule has 4 heterocycles. The normalized spacial score (nSPS) is 27.1. The van der Waals surface area contributed by atoms with E-state index in [0.29, 0.717) is 18.4 Å². The molecule has 0 radical (unpaired) electrons. The molecule has 3 fully saturated rings. The van der Waals surface area contributed by atoms with E-state index in [1.807, 2.05) is 30.7 Å². The molecule has 4 aliphatic rings. The molecular weight excluding hydrogens is 466 g/mol. The first-order chi connectivity index (χ1) is 16.8. The van der Waals surface area contributed by atoms with Crippen LogP contribution < -0.4 is 9.96 Å². The highest BCUT2D eigenvalue weighted by atomic mass is 35.5. The number of hydroxylamine groups is 1. The van der Waals surface area contributed by atoms with Crippen molar-refractivity contribution in [1.29, 1.82) is 0 Å². The average Bonchev–Trinajstić information content (AvgIpc) is 3.35. The third-order valence-electron chi connectivity index (χ3n) is 7.13. The maximum absolute atomic E-state index is 12.5. The van der Waals surface area contributed by atoms with Crippen molar-refractivity contribution in [1.82, 2.24) is 4.90 Å². The lowest BCUT2D eigenvalue weighted by Crippen LogP contribution is -2.37. The Balaban J connectivity index is 1.14. The van der Waals surface area contributed by atoms with Gasteiger partial charge in [-0.3, -0.25) is 0 Å². The van der Waals surface area contributed by atoms with E-state index in [2.05, 4.69) is 57.6 Å². The molecule has 0 spiro atoms. The number of halogens is 1. The van der Waals surface area contributed by atoms with Gasteiger partial charge in [-0.1, -0.05) is 35.9 Å². The first-order valence-electron chi connectivity index (χ1n) is 12.2. The standard InChI is InChI=1S/C26H30ClN5O3/c1-26(2,3)34-25(33)31-14-17-12-30(13-18(17)15-31)22-7-5-4-6-20(22)24-32(35-24)19-9-8-16-11-28-29-23(27)21(16)10-19/h4-10,17-18,23-24H,11-15H2,1-3H3. The zero-order chi connectivity index (χ0) is 24.3. The van der Waals surface area contributed by atoms with E-state index in [0.717, 1.165) is 48.6 Å². The lowest BCUT2D eigenvalue weighted by molar-refractivity contribution is 0.0282.